The van der Waals surface area contributed by atoms with E-state index in [9.17, 15) is 14.0 Å². The number of methoxy groups -OCH3 is 1. The number of amides is 1. The third-order valence-electron chi connectivity index (χ3n) is 2.49. The average molecular weight is 284 g/mol. The first-order valence-corrected chi connectivity index (χ1v) is 6.00. The van der Waals surface area contributed by atoms with Crippen molar-refractivity contribution >= 4 is 17.6 Å². The van der Waals surface area contributed by atoms with Gasteiger partial charge in [0.2, 0.25) is 5.91 Å². The molecule has 0 fully saturated rings. The number of anilines is 1. The summed E-state index contributed by atoms with van der Waals surface area (Å²) >= 11 is 0. The van der Waals surface area contributed by atoms with Gasteiger partial charge in [0.1, 0.15) is 5.82 Å². The van der Waals surface area contributed by atoms with Crippen LogP contribution in [0.2, 0.25) is 0 Å². The number of rotatable bonds is 8. The Hall–Kier alpha value is -1.99. The number of nitrogens with one attached hydrogen (secondary N) is 1. The molecule has 1 aromatic carbocycles. The molecule has 0 aromatic heterocycles. The Morgan fingerprint density at radius 3 is 2.65 bits per heavy atom. The highest BCUT2D eigenvalue weighted by Crippen LogP contribution is 2.12. The molecule has 0 aliphatic rings. The predicted octanol–water partition coefficient (Wildman–Crippen LogP) is 0.797. The fourth-order valence-corrected chi connectivity index (χ4v) is 1.58. The van der Waals surface area contributed by atoms with Gasteiger partial charge in [-0.25, -0.2) is 4.39 Å². The maximum Gasteiger partial charge on any atom is 0.317 e. The molecular weight excluding hydrogens is 267 g/mol. The van der Waals surface area contributed by atoms with Crippen LogP contribution in [0.4, 0.5) is 10.1 Å². The Morgan fingerprint density at radius 1 is 1.35 bits per heavy atom. The summed E-state index contributed by atoms with van der Waals surface area (Å²) in [7, 11) is 1.48. The molecule has 20 heavy (non-hydrogen) atoms. The van der Waals surface area contributed by atoms with E-state index in [0.29, 0.717) is 13.2 Å². The number of carboxylic acid groups (broad SMARTS) is 1. The van der Waals surface area contributed by atoms with E-state index in [-0.39, 0.29) is 18.8 Å². The van der Waals surface area contributed by atoms with Crippen LogP contribution in [-0.4, -0.2) is 55.2 Å². The Bertz CT molecular complexity index is 467. The number of hydrogen-bond donors (Lipinski definition) is 2. The Kier molecular flexibility index (Phi) is 6.61. The highest BCUT2D eigenvalue weighted by Gasteiger charge is 2.14. The quantitative estimate of drug-likeness (QED) is 0.738. The summed E-state index contributed by atoms with van der Waals surface area (Å²) in [6.07, 6.45) is 0. The van der Waals surface area contributed by atoms with E-state index in [4.69, 9.17) is 9.84 Å². The molecule has 1 aromatic rings. The van der Waals surface area contributed by atoms with Crippen molar-refractivity contribution in [3.63, 3.8) is 0 Å². The zero-order chi connectivity index (χ0) is 15.0. The van der Waals surface area contributed by atoms with Crippen molar-refractivity contribution in [2.24, 2.45) is 0 Å². The van der Waals surface area contributed by atoms with E-state index >= 15 is 0 Å². The first kappa shape index (κ1) is 16.1. The number of carboxylic acids is 1. The van der Waals surface area contributed by atoms with Crippen molar-refractivity contribution in [1.29, 1.82) is 0 Å². The monoisotopic (exact) mass is 284 g/mol. The van der Waals surface area contributed by atoms with Gasteiger partial charge >= 0.3 is 5.97 Å². The van der Waals surface area contributed by atoms with Crippen LogP contribution in [0.15, 0.2) is 24.3 Å². The highest BCUT2D eigenvalue weighted by atomic mass is 19.1. The van der Waals surface area contributed by atoms with Crippen LogP contribution in [-0.2, 0) is 14.3 Å². The third-order valence-corrected chi connectivity index (χ3v) is 2.49. The van der Waals surface area contributed by atoms with Gasteiger partial charge in [0, 0.05) is 13.7 Å². The minimum absolute atomic E-state index is 0.0690. The summed E-state index contributed by atoms with van der Waals surface area (Å²) in [6, 6.07) is 5.78. The minimum atomic E-state index is -1.04. The van der Waals surface area contributed by atoms with E-state index in [1.54, 1.807) is 6.07 Å². The second-order valence-electron chi connectivity index (χ2n) is 4.13. The summed E-state index contributed by atoms with van der Waals surface area (Å²) in [5.41, 5.74) is 0.0690. The molecule has 0 spiro atoms. The molecular formula is C13H17FN2O4. The molecule has 7 heteroatoms. The second-order valence-corrected chi connectivity index (χ2v) is 4.13. The summed E-state index contributed by atoms with van der Waals surface area (Å²) in [5.74, 6) is -2.06. The fraction of sp³-hybridized carbons (Fsp3) is 0.385. The van der Waals surface area contributed by atoms with Gasteiger partial charge in [-0.2, -0.15) is 0 Å². The molecule has 0 saturated heterocycles. The molecule has 0 heterocycles. The number of hydrogen-bond acceptors (Lipinski definition) is 4. The summed E-state index contributed by atoms with van der Waals surface area (Å²) < 4.78 is 18.2. The summed E-state index contributed by atoms with van der Waals surface area (Å²) in [5, 5.41) is 11.2. The molecule has 0 saturated carbocycles. The molecule has 1 rings (SSSR count). The van der Waals surface area contributed by atoms with Crippen molar-refractivity contribution < 1.29 is 23.8 Å². The van der Waals surface area contributed by atoms with Crippen LogP contribution in [0.25, 0.3) is 0 Å². The largest absolute Gasteiger partial charge is 0.480 e. The fourth-order valence-electron chi connectivity index (χ4n) is 1.58. The lowest BCUT2D eigenvalue weighted by molar-refractivity contribution is -0.138. The van der Waals surface area contributed by atoms with E-state index in [2.05, 4.69) is 5.32 Å². The lowest BCUT2D eigenvalue weighted by Gasteiger charge is -2.19. The molecule has 6 nitrogen and oxygen atoms in total. The Balaban J connectivity index is 2.56. The topological polar surface area (TPSA) is 78.9 Å². The van der Waals surface area contributed by atoms with Gasteiger partial charge in [-0.1, -0.05) is 12.1 Å². The minimum Gasteiger partial charge on any atom is -0.480 e. The average Bonchev–Trinajstić information content (AvgIpc) is 2.38. The number of nitrogens with zero attached hydrogens (tertiary/aromatic N) is 1. The first-order chi connectivity index (χ1) is 9.52. The smallest absolute Gasteiger partial charge is 0.317 e. The number of ether oxygens (including phenoxy) is 1. The summed E-state index contributed by atoms with van der Waals surface area (Å²) in [4.78, 5) is 23.9. The van der Waals surface area contributed by atoms with Crippen LogP contribution < -0.4 is 5.32 Å². The number of carbonyl (C=O) groups excluding carboxylic acids is 1. The van der Waals surface area contributed by atoms with E-state index in [1.807, 2.05) is 0 Å². The van der Waals surface area contributed by atoms with Gasteiger partial charge in [-0.15, -0.1) is 0 Å². The van der Waals surface area contributed by atoms with Crippen molar-refractivity contribution in [3.8, 4) is 0 Å². The van der Waals surface area contributed by atoms with Crippen molar-refractivity contribution in [2.75, 3.05) is 38.7 Å². The normalized spacial score (nSPS) is 10.6. The molecule has 0 aliphatic carbocycles. The third kappa shape index (κ3) is 5.77. The molecule has 0 atom stereocenters. The van der Waals surface area contributed by atoms with Crippen molar-refractivity contribution in [3.05, 3.63) is 30.1 Å². The van der Waals surface area contributed by atoms with E-state index in [1.165, 1.54) is 30.2 Å². The molecule has 0 unspecified atom stereocenters. The van der Waals surface area contributed by atoms with Crippen molar-refractivity contribution in [2.45, 2.75) is 0 Å². The standard InChI is InChI=1S/C13H17FN2O4/c1-20-7-6-16(9-13(18)19)8-12(17)15-11-5-3-2-4-10(11)14/h2-5H,6-9H2,1H3,(H,15,17)(H,18,19). The Labute approximate surface area is 116 Å². The van der Waals surface area contributed by atoms with Crippen LogP contribution in [0, 0.1) is 5.82 Å². The summed E-state index contributed by atoms with van der Waals surface area (Å²) in [6.45, 7) is 0.172. The highest BCUT2D eigenvalue weighted by molar-refractivity contribution is 5.92. The lowest BCUT2D eigenvalue weighted by Crippen LogP contribution is -2.38. The zero-order valence-corrected chi connectivity index (χ0v) is 11.1. The maximum absolute atomic E-state index is 13.4. The van der Waals surface area contributed by atoms with Gasteiger partial charge in [-0.05, 0) is 12.1 Å². The number of halogens is 1. The zero-order valence-electron chi connectivity index (χ0n) is 11.1. The van der Waals surface area contributed by atoms with Gasteiger partial charge in [0.15, 0.2) is 0 Å². The number of carbonyl (C=O) groups is 2. The van der Waals surface area contributed by atoms with E-state index < -0.39 is 17.7 Å². The van der Waals surface area contributed by atoms with Crippen LogP contribution in [0.5, 0.6) is 0 Å². The number of aliphatic carboxylic acids is 1. The van der Waals surface area contributed by atoms with Gasteiger partial charge in [-0.3, -0.25) is 14.5 Å². The first-order valence-electron chi connectivity index (χ1n) is 6.00. The molecule has 0 radical (unpaired) electrons. The van der Waals surface area contributed by atoms with Gasteiger partial charge < -0.3 is 15.2 Å². The second kappa shape index (κ2) is 8.23. The van der Waals surface area contributed by atoms with Crippen molar-refractivity contribution in [1.82, 2.24) is 4.90 Å². The molecule has 1 amide bonds. The molecule has 110 valence electrons. The van der Waals surface area contributed by atoms with Crippen LogP contribution in [0.1, 0.15) is 0 Å². The number of para-hydroxylation sites is 1. The Morgan fingerprint density at radius 2 is 2.05 bits per heavy atom. The van der Waals surface area contributed by atoms with Crippen LogP contribution >= 0.6 is 0 Å². The molecule has 0 aliphatic heterocycles. The SMILES string of the molecule is COCCN(CC(=O)O)CC(=O)Nc1ccccc1F. The van der Waals surface area contributed by atoms with Gasteiger partial charge in [0.05, 0.1) is 25.4 Å². The predicted molar refractivity (Wildman–Crippen MR) is 71.0 cm³/mol. The van der Waals surface area contributed by atoms with Gasteiger partial charge in [0.25, 0.3) is 0 Å². The van der Waals surface area contributed by atoms with Crippen LogP contribution in [0.3, 0.4) is 0 Å². The van der Waals surface area contributed by atoms with E-state index in [0.717, 1.165) is 0 Å². The molecule has 0 bridgehead atoms. The number of benzene rings is 1. The maximum atomic E-state index is 13.4. The molecule has 2 N–H and O–H groups in total. The lowest BCUT2D eigenvalue weighted by atomic mass is 10.3.